The molecular formula is C12H22N2O4S. The summed E-state index contributed by atoms with van der Waals surface area (Å²) in [6, 6.07) is 0.216. The molecule has 6 nitrogen and oxygen atoms in total. The van der Waals surface area contributed by atoms with E-state index < -0.39 is 10.2 Å². The summed E-state index contributed by atoms with van der Waals surface area (Å²) in [5.74, 6) is 0.358. The molecule has 0 radical (unpaired) electrons. The largest absolute Gasteiger partial charge is 0.381 e. The van der Waals surface area contributed by atoms with Crippen molar-refractivity contribution >= 4 is 10.2 Å². The monoisotopic (exact) mass is 290 g/mol. The number of nitrogens with zero attached hydrogens (tertiary/aromatic N) is 2. The average Bonchev–Trinajstić information content (AvgIpc) is 3.13. The van der Waals surface area contributed by atoms with Crippen molar-refractivity contribution in [2.24, 2.45) is 5.92 Å². The third-order valence-corrected chi connectivity index (χ3v) is 6.07. The minimum atomic E-state index is -3.32. The van der Waals surface area contributed by atoms with Crippen molar-refractivity contribution in [3.05, 3.63) is 0 Å². The lowest BCUT2D eigenvalue weighted by Gasteiger charge is -2.33. The second kappa shape index (κ2) is 5.65. The fourth-order valence-corrected chi connectivity index (χ4v) is 4.60. The van der Waals surface area contributed by atoms with Crippen LogP contribution in [0.25, 0.3) is 0 Å². The topological polar surface area (TPSA) is 59.1 Å². The SMILES string of the molecule is O=S(=O)(N1CCOCC1)N(C[C@@H]1CCOC1)C1CC1. The molecule has 0 aromatic heterocycles. The zero-order valence-corrected chi connectivity index (χ0v) is 12.0. The number of hydrogen-bond donors (Lipinski definition) is 0. The van der Waals surface area contributed by atoms with Gasteiger partial charge in [0.25, 0.3) is 10.2 Å². The Morgan fingerprint density at radius 2 is 1.79 bits per heavy atom. The summed E-state index contributed by atoms with van der Waals surface area (Å²) in [5, 5.41) is 0. The van der Waals surface area contributed by atoms with E-state index >= 15 is 0 Å². The fraction of sp³-hybridized carbons (Fsp3) is 1.00. The van der Waals surface area contributed by atoms with E-state index in [-0.39, 0.29) is 6.04 Å². The minimum Gasteiger partial charge on any atom is -0.381 e. The second-order valence-corrected chi connectivity index (χ2v) is 7.43. The summed E-state index contributed by atoms with van der Waals surface area (Å²) in [6.45, 7) is 4.04. The van der Waals surface area contributed by atoms with Crippen LogP contribution in [0.4, 0.5) is 0 Å². The quantitative estimate of drug-likeness (QED) is 0.719. The van der Waals surface area contributed by atoms with Gasteiger partial charge in [0, 0.05) is 32.3 Å². The molecule has 0 aromatic carbocycles. The predicted molar refractivity (Wildman–Crippen MR) is 70.0 cm³/mol. The van der Waals surface area contributed by atoms with Gasteiger partial charge in [-0.2, -0.15) is 17.0 Å². The Hall–Kier alpha value is -0.210. The van der Waals surface area contributed by atoms with E-state index in [1.54, 1.807) is 8.61 Å². The van der Waals surface area contributed by atoms with E-state index in [4.69, 9.17) is 9.47 Å². The van der Waals surface area contributed by atoms with Gasteiger partial charge in [-0.25, -0.2) is 0 Å². The normalized spacial score (nSPS) is 30.1. The lowest BCUT2D eigenvalue weighted by Crippen LogP contribution is -2.50. The molecule has 3 aliphatic rings. The molecule has 0 spiro atoms. The molecule has 0 N–H and O–H groups in total. The average molecular weight is 290 g/mol. The van der Waals surface area contributed by atoms with Gasteiger partial charge in [0.05, 0.1) is 19.8 Å². The molecule has 2 aliphatic heterocycles. The van der Waals surface area contributed by atoms with Gasteiger partial charge in [-0.15, -0.1) is 0 Å². The molecule has 7 heteroatoms. The highest BCUT2D eigenvalue weighted by atomic mass is 32.2. The standard InChI is InChI=1S/C12H22N2O4S/c15-19(16,13-4-7-17-8-5-13)14(12-1-2-12)9-11-3-6-18-10-11/h11-12H,1-10H2/t11-/m0/s1. The smallest absolute Gasteiger partial charge is 0.282 e. The Morgan fingerprint density at radius 1 is 1.05 bits per heavy atom. The molecular weight excluding hydrogens is 268 g/mol. The van der Waals surface area contributed by atoms with Crippen LogP contribution in [0.15, 0.2) is 0 Å². The molecule has 1 saturated carbocycles. The summed E-state index contributed by atoms with van der Waals surface area (Å²) >= 11 is 0. The number of hydrogen-bond acceptors (Lipinski definition) is 4. The molecule has 3 fully saturated rings. The van der Waals surface area contributed by atoms with Gasteiger partial charge in [-0.05, 0) is 25.2 Å². The molecule has 1 aliphatic carbocycles. The first kappa shape index (κ1) is 13.8. The maximum absolute atomic E-state index is 12.7. The van der Waals surface area contributed by atoms with E-state index in [9.17, 15) is 8.42 Å². The Balaban J connectivity index is 1.70. The molecule has 0 unspecified atom stereocenters. The Labute approximate surface area is 114 Å². The highest BCUT2D eigenvalue weighted by Gasteiger charge is 2.42. The molecule has 2 heterocycles. The van der Waals surface area contributed by atoms with E-state index in [0.29, 0.717) is 45.4 Å². The summed E-state index contributed by atoms with van der Waals surface area (Å²) in [5.41, 5.74) is 0. The van der Waals surface area contributed by atoms with Gasteiger partial charge in [-0.3, -0.25) is 0 Å². The molecule has 19 heavy (non-hydrogen) atoms. The van der Waals surface area contributed by atoms with Crippen LogP contribution in [0.2, 0.25) is 0 Å². The van der Waals surface area contributed by atoms with Gasteiger partial charge < -0.3 is 9.47 Å². The minimum absolute atomic E-state index is 0.216. The Morgan fingerprint density at radius 3 is 2.37 bits per heavy atom. The van der Waals surface area contributed by atoms with Crippen LogP contribution < -0.4 is 0 Å². The number of morpholine rings is 1. The van der Waals surface area contributed by atoms with Gasteiger partial charge in [0.1, 0.15) is 0 Å². The van der Waals surface area contributed by atoms with Crippen LogP contribution in [0, 0.1) is 5.92 Å². The Bertz CT molecular complexity index is 398. The van der Waals surface area contributed by atoms with Crippen molar-refractivity contribution in [1.29, 1.82) is 0 Å². The van der Waals surface area contributed by atoms with E-state index in [1.165, 1.54) is 0 Å². The summed E-state index contributed by atoms with van der Waals surface area (Å²) in [6.07, 6.45) is 2.97. The van der Waals surface area contributed by atoms with Gasteiger partial charge in [0.2, 0.25) is 0 Å². The van der Waals surface area contributed by atoms with Crippen LogP contribution in [0.1, 0.15) is 19.3 Å². The van der Waals surface area contributed by atoms with Crippen LogP contribution in [0.3, 0.4) is 0 Å². The first-order valence-electron chi connectivity index (χ1n) is 7.10. The van der Waals surface area contributed by atoms with Crippen molar-refractivity contribution in [2.45, 2.75) is 25.3 Å². The molecule has 1 atom stereocenters. The Kier molecular flexibility index (Phi) is 4.09. The summed E-state index contributed by atoms with van der Waals surface area (Å²) in [7, 11) is -3.32. The predicted octanol–water partition coefficient (Wildman–Crippen LogP) is 0.0643. The highest BCUT2D eigenvalue weighted by Crippen LogP contribution is 2.32. The van der Waals surface area contributed by atoms with Crippen LogP contribution >= 0.6 is 0 Å². The maximum atomic E-state index is 12.7. The van der Waals surface area contributed by atoms with Gasteiger partial charge >= 0.3 is 0 Å². The molecule has 3 rings (SSSR count). The number of rotatable bonds is 5. The van der Waals surface area contributed by atoms with Crippen molar-refractivity contribution < 1.29 is 17.9 Å². The number of ether oxygens (including phenoxy) is 2. The third kappa shape index (κ3) is 3.11. The van der Waals surface area contributed by atoms with Crippen molar-refractivity contribution in [1.82, 2.24) is 8.61 Å². The summed E-state index contributed by atoms with van der Waals surface area (Å²) in [4.78, 5) is 0. The first-order valence-corrected chi connectivity index (χ1v) is 8.50. The molecule has 2 saturated heterocycles. The van der Waals surface area contributed by atoms with E-state index in [1.807, 2.05) is 0 Å². The lowest BCUT2D eigenvalue weighted by atomic mass is 10.1. The lowest BCUT2D eigenvalue weighted by molar-refractivity contribution is 0.0695. The van der Waals surface area contributed by atoms with Crippen molar-refractivity contribution in [2.75, 3.05) is 46.1 Å². The van der Waals surface area contributed by atoms with Crippen LogP contribution in [-0.2, 0) is 19.7 Å². The van der Waals surface area contributed by atoms with Crippen molar-refractivity contribution in [3.63, 3.8) is 0 Å². The molecule has 0 aromatic rings. The zero-order chi connectivity index (χ0) is 13.3. The zero-order valence-electron chi connectivity index (χ0n) is 11.2. The van der Waals surface area contributed by atoms with E-state index in [0.717, 1.165) is 25.9 Å². The fourth-order valence-electron chi connectivity index (χ4n) is 2.70. The van der Waals surface area contributed by atoms with Crippen LogP contribution in [-0.4, -0.2) is 69.1 Å². The van der Waals surface area contributed by atoms with Gasteiger partial charge in [0.15, 0.2) is 0 Å². The molecule has 0 bridgehead atoms. The first-order chi connectivity index (χ1) is 9.18. The maximum Gasteiger partial charge on any atom is 0.282 e. The summed E-state index contributed by atoms with van der Waals surface area (Å²) < 4.78 is 39.3. The van der Waals surface area contributed by atoms with Crippen LogP contribution in [0.5, 0.6) is 0 Å². The van der Waals surface area contributed by atoms with Crippen molar-refractivity contribution in [3.8, 4) is 0 Å². The third-order valence-electron chi connectivity index (χ3n) is 4.01. The highest BCUT2D eigenvalue weighted by molar-refractivity contribution is 7.86. The van der Waals surface area contributed by atoms with E-state index in [2.05, 4.69) is 0 Å². The van der Waals surface area contributed by atoms with Gasteiger partial charge in [-0.1, -0.05) is 0 Å². The molecule has 110 valence electrons. The molecule has 0 amide bonds. The second-order valence-electron chi connectivity index (χ2n) is 5.55.